The predicted molar refractivity (Wildman–Crippen MR) is 108 cm³/mol. The number of carbonyl (C=O) groups excluding carboxylic acids is 1. The molecule has 29 heavy (non-hydrogen) atoms. The molecule has 0 saturated carbocycles. The van der Waals surface area contributed by atoms with E-state index >= 15 is 0 Å². The first-order valence-corrected chi connectivity index (χ1v) is 9.30. The summed E-state index contributed by atoms with van der Waals surface area (Å²) in [5.41, 5.74) is 3.29. The van der Waals surface area contributed by atoms with Gasteiger partial charge in [-0.05, 0) is 42.7 Å². The third kappa shape index (κ3) is 3.69. The van der Waals surface area contributed by atoms with Gasteiger partial charge in [-0.25, -0.2) is 9.78 Å². The molecule has 0 bridgehead atoms. The van der Waals surface area contributed by atoms with Gasteiger partial charge >= 0.3 is 0 Å². The van der Waals surface area contributed by atoms with E-state index in [9.17, 15) is 9.59 Å². The standard InChI is InChI=1S/C21H21N5O3/c1-14-18(13-22-26(14)19-7-8-20(27)24-23-19)21(28)25-11-9-16(10-12-25)15-3-5-17(29-2)6-4-15/h3-9,13H,10-12H2,1-2H3,(H,24,27). The minimum absolute atomic E-state index is 0.0665. The van der Waals surface area contributed by atoms with Gasteiger partial charge in [-0.3, -0.25) is 9.59 Å². The Kier molecular flexibility index (Phi) is 4.99. The summed E-state index contributed by atoms with van der Waals surface area (Å²) in [5.74, 6) is 1.22. The molecule has 0 spiro atoms. The first-order valence-electron chi connectivity index (χ1n) is 9.30. The molecule has 1 aliphatic rings. The first-order chi connectivity index (χ1) is 14.1. The normalized spacial score (nSPS) is 13.9. The highest BCUT2D eigenvalue weighted by molar-refractivity contribution is 5.95. The Morgan fingerprint density at radius 1 is 1.17 bits per heavy atom. The van der Waals surface area contributed by atoms with Crippen molar-refractivity contribution in [3.63, 3.8) is 0 Å². The van der Waals surface area contributed by atoms with E-state index in [0.717, 1.165) is 17.7 Å². The van der Waals surface area contributed by atoms with Crippen molar-refractivity contribution in [2.45, 2.75) is 13.3 Å². The van der Waals surface area contributed by atoms with Gasteiger partial charge in [0.15, 0.2) is 5.82 Å². The average Bonchev–Trinajstić information content (AvgIpc) is 3.15. The number of H-pyrrole nitrogens is 1. The quantitative estimate of drug-likeness (QED) is 0.736. The molecule has 8 nitrogen and oxygen atoms in total. The largest absolute Gasteiger partial charge is 0.497 e. The molecule has 4 rings (SSSR count). The molecule has 8 heteroatoms. The summed E-state index contributed by atoms with van der Waals surface area (Å²) in [6.07, 6.45) is 4.42. The Labute approximate surface area is 167 Å². The molecule has 0 aliphatic carbocycles. The maximum absolute atomic E-state index is 13.0. The predicted octanol–water partition coefficient (Wildman–Crippen LogP) is 2.20. The van der Waals surface area contributed by atoms with Crippen LogP contribution in [0.25, 0.3) is 11.4 Å². The number of hydrogen-bond donors (Lipinski definition) is 1. The zero-order valence-electron chi connectivity index (χ0n) is 16.3. The maximum atomic E-state index is 13.0. The molecule has 0 radical (unpaired) electrons. The SMILES string of the molecule is COc1ccc(C2=CCN(C(=O)c3cnn(-c4ccc(=O)[nH]n4)c3C)CC2)cc1. The van der Waals surface area contributed by atoms with Gasteiger partial charge in [-0.15, -0.1) is 0 Å². The van der Waals surface area contributed by atoms with Crippen molar-refractivity contribution < 1.29 is 9.53 Å². The van der Waals surface area contributed by atoms with Crippen LogP contribution in [0, 0.1) is 6.92 Å². The van der Waals surface area contributed by atoms with Gasteiger partial charge in [-0.2, -0.15) is 10.2 Å². The summed E-state index contributed by atoms with van der Waals surface area (Å²) in [6.45, 7) is 3.00. The molecule has 1 aromatic carbocycles. The van der Waals surface area contributed by atoms with Crippen LogP contribution >= 0.6 is 0 Å². The fraction of sp³-hybridized carbons (Fsp3) is 0.238. The van der Waals surface area contributed by atoms with Crippen LogP contribution in [0.1, 0.15) is 28.0 Å². The summed E-state index contributed by atoms with van der Waals surface area (Å²) >= 11 is 0. The zero-order valence-corrected chi connectivity index (χ0v) is 16.3. The molecule has 0 atom stereocenters. The van der Waals surface area contributed by atoms with E-state index in [4.69, 9.17) is 4.74 Å². The van der Waals surface area contributed by atoms with E-state index in [1.54, 1.807) is 24.1 Å². The highest BCUT2D eigenvalue weighted by Crippen LogP contribution is 2.25. The van der Waals surface area contributed by atoms with Gasteiger partial charge in [0.25, 0.3) is 11.5 Å². The molecule has 3 aromatic rings. The minimum Gasteiger partial charge on any atom is -0.497 e. The molecule has 1 aliphatic heterocycles. The third-order valence-corrected chi connectivity index (χ3v) is 5.08. The summed E-state index contributed by atoms with van der Waals surface area (Å²) < 4.78 is 6.75. The van der Waals surface area contributed by atoms with Gasteiger partial charge in [-0.1, -0.05) is 18.2 Å². The van der Waals surface area contributed by atoms with Gasteiger partial charge in [0.05, 0.1) is 24.6 Å². The number of aromatic amines is 1. The molecule has 1 amide bonds. The number of amides is 1. The molecule has 3 heterocycles. The lowest BCUT2D eigenvalue weighted by molar-refractivity contribution is 0.0772. The Bertz CT molecular complexity index is 1110. The van der Waals surface area contributed by atoms with Crippen molar-refractivity contribution in [3.05, 3.63) is 75.8 Å². The fourth-order valence-corrected chi connectivity index (χ4v) is 3.40. The number of aromatic nitrogens is 4. The van der Waals surface area contributed by atoms with Gasteiger partial charge < -0.3 is 9.64 Å². The van der Waals surface area contributed by atoms with E-state index in [1.807, 2.05) is 36.1 Å². The Balaban J connectivity index is 1.50. The highest BCUT2D eigenvalue weighted by Gasteiger charge is 2.23. The topological polar surface area (TPSA) is 93.1 Å². The maximum Gasteiger partial charge on any atom is 0.264 e. The van der Waals surface area contributed by atoms with Gasteiger partial charge in [0.2, 0.25) is 0 Å². The molecule has 2 aromatic heterocycles. The number of nitrogens with one attached hydrogen (secondary N) is 1. The van der Waals surface area contributed by atoms with Gasteiger partial charge in [0.1, 0.15) is 5.75 Å². The summed E-state index contributed by atoms with van der Waals surface area (Å²) in [4.78, 5) is 26.0. The molecule has 0 unspecified atom stereocenters. The number of rotatable bonds is 4. The lowest BCUT2D eigenvalue weighted by Gasteiger charge is -2.26. The molecule has 148 valence electrons. The second-order valence-electron chi connectivity index (χ2n) is 6.79. The van der Waals surface area contributed by atoms with Crippen molar-refractivity contribution in [2.75, 3.05) is 20.2 Å². The number of nitrogens with zero attached hydrogens (tertiary/aromatic N) is 4. The molecule has 0 fully saturated rings. The number of benzene rings is 1. The van der Waals surface area contributed by atoms with E-state index in [2.05, 4.69) is 21.4 Å². The van der Waals surface area contributed by atoms with Crippen molar-refractivity contribution in [1.82, 2.24) is 24.9 Å². The van der Waals surface area contributed by atoms with Crippen molar-refractivity contribution in [3.8, 4) is 11.6 Å². The minimum atomic E-state index is -0.289. The van der Waals surface area contributed by atoms with Crippen LogP contribution in [0.5, 0.6) is 5.75 Å². The monoisotopic (exact) mass is 391 g/mol. The molecular formula is C21H21N5O3. The number of hydrogen-bond acceptors (Lipinski definition) is 5. The van der Waals surface area contributed by atoms with E-state index in [1.165, 1.54) is 11.6 Å². The van der Waals surface area contributed by atoms with Crippen molar-refractivity contribution in [2.24, 2.45) is 0 Å². The Morgan fingerprint density at radius 2 is 1.97 bits per heavy atom. The highest BCUT2D eigenvalue weighted by atomic mass is 16.5. The van der Waals surface area contributed by atoms with Crippen molar-refractivity contribution in [1.29, 1.82) is 0 Å². The molecular weight excluding hydrogens is 370 g/mol. The van der Waals surface area contributed by atoms with Gasteiger partial charge in [0, 0.05) is 19.2 Å². The third-order valence-electron chi connectivity index (χ3n) is 5.08. The second kappa shape index (κ2) is 7.75. The van der Waals surface area contributed by atoms with Crippen molar-refractivity contribution >= 4 is 11.5 Å². The number of ether oxygens (including phenoxy) is 1. The van der Waals surface area contributed by atoms with E-state index in [-0.39, 0.29) is 11.5 Å². The fourth-order valence-electron chi connectivity index (χ4n) is 3.40. The molecule has 1 N–H and O–H groups in total. The lowest BCUT2D eigenvalue weighted by atomic mass is 9.99. The summed E-state index contributed by atoms with van der Waals surface area (Å²) in [7, 11) is 1.65. The van der Waals surface area contributed by atoms with E-state index in [0.29, 0.717) is 30.2 Å². The Morgan fingerprint density at radius 3 is 2.59 bits per heavy atom. The van der Waals surface area contributed by atoms with E-state index < -0.39 is 0 Å². The smallest absolute Gasteiger partial charge is 0.264 e. The first kappa shape index (κ1) is 18.7. The number of carbonyl (C=O) groups is 1. The van der Waals surface area contributed by atoms with Crippen LogP contribution in [0.2, 0.25) is 0 Å². The molecule has 0 saturated heterocycles. The van der Waals surface area contributed by atoms with Crippen LogP contribution in [-0.4, -0.2) is 51.0 Å². The lowest BCUT2D eigenvalue weighted by Crippen LogP contribution is -2.34. The summed E-state index contributed by atoms with van der Waals surface area (Å²) in [5, 5.41) is 10.6. The zero-order chi connectivity index (χ0) is 20.4. The van der Waals surface area contributed by atoms with Crippen LogP contribution in [0.3, 0.4) is 0 Å². The summed E-state index contributed by atoms with van der Waals surface area (Å²) in [6, 6.07) is 10.9. The van der Waals surface area contributed by atoms with Crippen LogP contribution < -0.4 is 10.3 Å². The second-order valence-corrected chi connectivity index (χ2v) is 6.79. The Hall–Kier alpha value is -3.68. The van der Waals surface area contributed by atoms with Crippen LogP contribution in [0.4, 0.5) is 0 Å². The average molecular weight is 391 g/mol. The van der Waals surface area contributed by atoms with Crippen LogP contribution in [0.15, 0.2) is 53.5 Å². The van der Waals surface area contributed by atoms with Crippen LogP contribution in [-0.2, 0) is 0 Å². The number of methoxy groups -OCH3 is 1.